The summed E-state index contributed by atoms with van der Waals surface area (Å²) >= 11 is 0. The van der Waals surface area contributed by atoms with Crippen LogP contribution in [0.5, 0.6) is 0 Å². The molecule has 0 aromatic heterocycles. The number of carbonyl (C=O) groups is 1. The SMILES string of the molecule is Cc1ccc(CN2CNC(=O)NC2)cc1. The molecule has 1 heterocycles. The van der Waals surface area contributed by atoms with E-state index in [4.69, 9.17) is 0 Å². The number of hydrogen-bond donors (Lipinski definition) is 2. The third kappa shape index (κ3) is 2.70. The summed E-state index contributed by atoms with van der Waals surface area (Å²) < 4.78 is 0. The van der Waals surface area contributed by atoms with E-state index in [1.165, 1.54) is 11.1 Å². The topological polar surface area (TPSA) is 44.4 Å². The molecule has 80 valence electrons. The van der Waals surface area contributed by atoms with Crippen molar-refractivity contribution in [3.8, 4) is 0 Å². The lowest BCUT2D eigenvalue weighted by Crippen LogP contribution is -2.53. The van der Waals surface area contributed by atoms with Crippen LogP contribution in [-0.2, 0) is 6.54 Å². The van der Waals surface area contributed by atoms with Crippen LogP contribution in [-0.4, -0.2) is 24.3 Å². The van der Waals surface area contributed by atoms with Crippen LogP contribution < -0.4 is 10.6 Å². The van der Waals surface area contributed by atoms with E-state index >= 15 is 0 Å². The lowest BCUT2D eigenvalue weighted by Gasteiger charge is -2.27. The Kier molecular flexibility index (Phi) is 2.87. The number of nitrogens with zero attached hydrogens (tertiary/aromatic N) is 1. The van der Waals surface area contributed by atoms with Crippen LogP contribution in [0, 0.1) is 6.92 Å². The van der Waals surface area contributed by atoms with Gasteiger partial charge in [-0.2, -0.15) is 0 Å². The fourth-order valence-electron chi connectivity index (χ4n) is 1.55. The molecule has 1 aromatic carbocycles. The molecule has 0 spiro atoms. The Balaban J connectivity index is 1.91. The molecule has 0 radical (unpaired) electrons. The third-order valence-corrected chi connectivity index (χ3v) is 2.45. The number of amides is 2. The van der Waals surface area contributed by atoms with Gasteiger partial charge in [-0.25, -0.2) is 4.79 Å². The molecular weight excluding hydrogens is 190 g/mol. The second kappa shape index (κ2) is 4.31. The summed E-state index contributed by atoms with van der Waals surface area (Å²) in [5, 5.41) is 5.48. The highest BCUT2D eigenvalue weighted by molar-refractivity contribution is 5.74. The first-order valence-electron chi connectivity index (χ1n) is 5.03. The van der Waals surface area contributed by atoms with Gasteiger partial charge < -0.3 is 10.6 Å². The smallest absolute Gasteiger partial charge is 0.316 e. The molecule has 4 heteroatoms. The Labute approximate surface area is 89.3 Å². The zero-order valence-electron chi connectivity index (χ0n) is 8.79. The molecular formula is C11H15N3O. The van der Waals surface area contributed by atoms with Gasteiger partial charge in [0.2, 0.25) is 0 Å². The van der Waals surface area contributed by atoms with E-state index in [9.17, 15) is 4.79 Å². The molecule has 1 fully saturated rings. The van der Waals surface area contributed by atoms with Crippen molar-refractivity contribution in [1.29, 1.82) is 0 Å². The molecule has 1 aliphatic rings. The summed E-state index contributed by atoms with van der Waals surface area (Å²) in [5.74, 6) is 0. The van der Waals surface area contributed by atoms with Gasteiger partial charge in [0.25, 0.3) is 0 Å². The normalized spacial score (nSPS) is 17.0. The van der Waals surface area contributed by atoms with E-state index < -0.39 is 0 Å². The largest absolute Gasteiger partial charge is 0.325 e. The molecule has 0 atom stereocenters. The van der Waals surface area contributed by atoms with E-state index in [-0.39, 0.29) is 6.03 Å². The second-order valence-electron chi connectivity index (χ2n) is 3.81. The van der Waals surface area contributed by atoms with Gasteiger partial charge in [0.1, 0.15) is 0 Å². The number of hydrogen-bond acceptors (Lipinski definition) is 2. The lowest BCUT2D eigenvalue weighted by molar-refractivity contribution is 0.178. The molecule has 4 nitrogen and oxygen atoms in total. The predicted molar refractivity (Wildman–Crippen MR) is 58.1 cm³/mol. The quantitative estimate of drug-likeness (QED) is 0.757. The van der Waals surface area contributed by atoms with Crippen molar-refractivity contribution in [3.63, 3.8) is 0 Å². The minimum Gasteiger partial charge on any atom is -0.325 e. The van der Waals surface area contributed by atoms with Crippen LogP contribution in [0.4, 0.5) is 4.79 Å². The van der Waals surface area contributed by atoms with E-state index in [2.05, 4.69) is 46.7 Å². The molecule has 2 N–H and O–H groups in total. The highest BCUT2D eigenvalue weighted by atomic mass is 16.2. The van der Waals surface area contributed by atoms with E-state index in [1.54, 1.807) is 0 Å². The molecule has 0 bridgehead atoms. The molecule has 1 aromatic rings. The fourth-order valence-corrected chi connectivity index (χ4v) is 1.55. The molecule has 0 saturated carbocycles. The number of urea groups is 1. The van der Waals surface area contributed by atoms with Gasteiger partial charge in [0, 0.05) is 6.54 Å². The first-order valence-corrected chi connectivity index (χ1v) is 5.03. The van der Waals surface area contributed by atoms with Gasteiger partial charge in [0.15, 0.2) is 0 Å². The van der Waals surface area contributed by atoms with Crippen molar-refractivity contribution in [2.24, 2.45) is 0 Å². The first kappa shape index (κ1) is 9.98. The van der Waals surface area contributed by atoms with Crippen LogP contribution in [0.15, 0.2) is 24.3 Å². The molecule has 2 rings (SSSR count). The van der Waals surface area contributed by atoms with E-state index in [0.29, 0.717) is 13.3 Å². The Morgan fingerprint density at radius 1 is 1.20 bits per heavy atom. The van der Waals surface area contributed by atoms with Gasteiger partial charge in [0.05, 0.1) is 13.3 Å². The maximum Gasteiger partial charge on any atom is 0.316 e. The van der Waals surface area contributed by atoms with Crippen molar-refractivity contribution in [2.75, 3.05) is 13.3 Å². The fraction of sp³-hybridized carbons (Fsp3) is 0.364. The molecule has 0 aliphatic carbocycles. The Bertz CT molecular complexity index is 337. The van der Waals surface area contributed by atoms with Crippen molar-refractivity contribution in [3.05, 3.63) is 35.4 Å². The number of aryl methyl sites for hydroxylation is 1. The van der Waals surface area contributed by atoms with Crippen molar-refractivity contribution >= 4 is 6.03 Å². The van der Waals surface area contributed by atoms with Crippen molar-refractivity contribution in [1.82, 2.24) is 15.5 Å². The minimum atomic E-state index is -0.0878. The highest BCUT2D eigenvalue weighted by Crippen LogP contribution is 2.06. The van der Waals surface area contributed by atoms with Crippen LogP contribution in [0.3, 0.4) is 0 Å². The Morgan fingerprint density at radius 3 is 2.40 bits per heavy atom. The summed E-state index contributed by atoms with van der Waals surface area (Å²) in [6.45, 7) is 4.15. The predicted octanol–water partition coefficient (Wildman–Crippen LogP) is 1.02. The number of benzene rings is 1. The van der Waals surface area contributed by atoms with Crippen molar-refractivity contribution < 1.29 is 4.79 Å². The van der Waals surface area contributed by atoms with E-state index in [0.717, 1.165) is 6.54 Å². The van der Waals surface area contributed by atoms with Gasteiger partial charge in [-0.15, -0.1) is 0 Å². The monoisotopic (exact) mass is 205 g/mol. The summed E-state index contributed by atoms with van der Waals surface area (Å²) in [7, 11) is 0. The average molecular weight is 205 g/mol. The average Bonchev–Trinajstić information content (AvgIpc) is 2.25. The standard InChI is InChI=1S/C11H15N3O/c1-9-2-4-10(5-3-9)6-14-7-12-11(15)13-8-14/h2-5H,6-8H2,1H3,(H2,12,13,15). The number of rotatable bonds is 2. The molecule has 2 amide bonds. The Morgan fingerprint density at radius 2 is 1.80 bits per heavy atom. The summed E-state index contributed by atoms with van der Waals surface area (Å²) in [6, 6.07) is 8.35. The zero-order valence-corrected chi connectivity index (χ0v) is 8.79. The maximum absolute atomic E-state index is 10.9. The highest BCUT2D eigenvalue weighted by Gasteiger charge is 2.13. The summed E-state index contributed by atoms with van der Waals surface area (Å²) in [6.07, 6.45) is 0. The third-order valence-electron chi connectivity index (χ3n) is 2.45. The van der Waals surface area contributed by atoms with Crippen LogP contribution in [0.1, 0.15) is 11.1 Å². The van der Waals surface area contributed by atoms with Crippen LogP contribution in [0.2, 0.25) is 0 Å². The van der Waals surface area contributed by atoms with E-state index in [1.807, 2.05) is 0 Å². The molecule has 15 heavy (non-hydrogen) atoms. The zero-order chi connectivity index (χ0) is 10.7. The van der Waals surface area contributed by atoms with Crippen LogP contribution in [0.25, 0.3) is 0 Å². The number of nitrogens with one attached hydrogen (secondary N) is 2. The minimum absolute atomic E-state index is 0.0878. The van der Waals surface area contributed by atoms with Gasteiger partial charge >= 0.3 is 6.03 Å². The second-order valence-corrected chi connectivity index (χ2v) is 3.81. The summed E-state index contributed by atoms with van der Waals surface area (Å²) in [4.78, 5) is 13.0. The Hall–Kier alpha value is -1.55. The summed E-state index contributed by atoms with van der Waals surface area (Å²) in [5.41, 5.74) is 2.53. The first-order chi connectivity index (χ1) is 7.24. The van der Waals surface area contributed by atoms with Gasteiger partial charge in [-0.05, 0) is 12.5 Å². The molecule has 1 saturated heterocycles. The van der Waals surface area contributed by atoms with Gasteiger partial charge in [-0.3, -0.25) is 4.90 Å². The number of carbonyl (C=O) groups excluding carboxylic acids is 1. The van der Waals surface area contributed by atoms with Gasteiger partial charge in [-0.1, -0.05) is 29.8 Å². The molecule has 1 aliphatic heterocycles. The maximum atomic E-state index is 10.9. The van der Waals surface area contributed by atoms with Crippen LogP contribution >= 0.6 is 0 Å². The van der Waals surface area contributed by atoms with Crippen molar-refractivity contribution in [2.45, 2.75) is 13.5 Å². The lowest BCUT2D eigenvalue weighted by atomic mass is 10.1. The molecule has 0 unspecified atom stereocenters.